The molecule has 3 aromatic rings. The summed E-state index contributed by atoms with van der Waals surface area (Å²) in [6.07, 6.45) is 0. The Bertz CT molecular complexity index is 881. The highest BCUT2D eigenvalue weighted by Gasteiger charge is 2.20. The summed E-state index contributed by atoms with van der Waals surface area (Å²) in [4.78, 5) is 18.8. The van der Waals surface area contributed by atoms with E-state index in [0.717, 1.165) is 15.2 Å². The van der Waals surface area contributed by atoms with Gasteiger partial charge in [0, 0.05) is 5.02 Å². The zero-order chi connectivity index (χ0) is 18.0. The van der Waals surface area contributed by atoms with Gasteiger partial charge in [0.1, 0.15) is 10.8 Å². The summed E-state index contributed by atoms with van der Waals surface area (Å²) < 4.78 is 14.9. The van der Waals surface area contributed by atoms with Gasteiger partial charge in [-0.15, -0.1) is 11.3 Å². The molecule has 1 atom stereocenters. The number of para-hydroxylation sites is 1. The van der Waals surface area contributed by atoms with E-state index in [4.69, 9.17) is 11.6 Å². The van der Waals surface area contributed by atoms with Crippen LogP contribution in [0.3, 0.4) is 0 Å². The van der Waals surface area contributed by atoms with Gasteiger partial charge in [0.05, 0.1) is 28.5 Å². The number of nitrogens with one attached hydrogen (secondary N) is 1. The lowest BCUT2D eigenvalue weighted by atomic mass is 10.2. The Balaban J connectivity index is 1.66. The number of nitrogens with zero attached hydrogens (tertiary/aromatic N) is 2. The molecular weight excluding hydrogens is 361 g/mol. The molecule has 3 rings (SSSR count). The topological polar surface area (TPSA) is 45.2 Å². The Hall–Kier alpha value is -2.02. The Morgan fingerprint density at radius 2 is 2.12 bits per heavy atom. The minimum absolute atomic E-state index is 0.120. The normalized spacial score (nSPS) is 12.5. The number of hydrogen-bond donors (Lipinski definition) is 1. The van der Waals surface area contributed by atoms with Crippen molar-refractivity contribution in [3.8, 4) is 0 Å². The van der Waals surface area contributed by atoms with Crippen molar-refractivity contribution in [2.75, 3.05) is 12.4 Å². The highest BCUT2D eigenvalue weighted by molar-refractivity contribution is 7.18. The highest BCUT2D eigenvalue weighted by atomic mass is 35.5. The average Bonchev–Trinajstić information content (AvgIpc) is 2.98. The number of carbonyl (C=O) groups excluding carboxylic acids is 1. The first-order valence-corrected chi connectivity index (χ1v) is 8.94. The molecule has 0 saturated heterocycles. The van der Waals surface area contributed by atoms with E-state index in [-0.39, 0.29) is 16.6 Å². The fraction of sp³-hybridized carbons (Fsp3) is 0.222. The Morgan fingerprint density at radius 3 is 2.84 bits per heavy atom. The van der Waals surface area contributed by atoms with Crippen LogP contribution in [0.5, 0.6) is 0 Å². The smallest absolute Gasteiger partial charge is 0.241 e. The number of fused-ring (bicyclic) bond motifs is 1. The van der Waals surface area contributed by atoms with Crippen molar-refractivity contribution in [2.24, 2.45) is 0 Å². The first-order valence-electron chi connectivity index (χ1n) is 7.74. The molecule has 0 fully saturated rings. The summed E-state index contributed by atoms with van der Waals surface area (Å²) in [5, 5.41) is 3.82. The number of anilines is 1. The predicted octanol–water partition coefficient (Wildman–Crippen LogP) is 4.55. The number of halogens is 2. The van der Waals surface area contributed by atoms with E-state index in [1.165, 1.54) is 18.2 Å². The van der Waals surface area contributed by atoms with Gasteiger partial charge in [-0.05, 0) is 44.3 Å². The molecule has 0 radical (unpaired) electrons. The molecule has 7 heteroatoms. The minimum atomic E-state index is -0.554. The number of thiazole rings is 1. The third-order valence-corrected chi connectivity index (χ3v) is 5.21. The van der Waals surface area contributed by atoms with Crippen LogP contribution in [0.1, 0.15) is 11.9 Å². The molecule has 1 aromatic heterocycles. The summed E-state index contributed by atoms with van der Waals surface area (Å²) in [5.41, 5.74) is 1.07. The van der Waals surface area contributed by atoms with Gasteiger partial charge in [-0.1, -0.05) is 23.7 Å². The first-order chi connectivity index (χ1) is 11.9. The van der Waals surface area contributed by atoms with Crippen molar-refractivity contribution in [1.29, 1.82) is 0 Å². The van der Waals surface area contributed by atoms with E-state index in [2.05, 4.69) is 10.3 Å². The molecule has 1 N–H and O–H groups in total. The molecule has 1 amide bonds. The second-order valence-electron chi connectivity index (χ2n) is 5.78. The zero-order valence-corrected chi connectivity index (χ0v) is 15.4. The molecule has 0 spiro atoms. The Morgan fingerprint density at radius 1 is 1.36 bits per heavy atom. The van der Waals surface area contributed by atoms with Gasteiger partial charge in [-0.25, -0.2) is 9.37 Å². The van der Waals surface area contributed by atoms with E-state index in [1.807, 2.05) is 36.2 Å². The summed E-state index contributed by atoms with van der Waals surface area (Å²) in [5.74, 6) is -0.841. The van der Waals surface area contributed by atoms with Crippen LogP contribution in [0.2, 0.25) is 5.02 Å². The lowest BCUT2D eigenvalue weighted by Crippen LogP contribution is -2.39. The van der Waals surface area contributed by atoms with Crippen molar-refractivity contribution in [3.63, 3.8) is 0 Å². The molecule has 25 heavy (non-hydrogen) atoms. The molecule has 4 nitrogen and oxygen atoms in total. The number of hydrogen-bond acceptors (Lipinski definition) is 4. The maximum Gasteiger partial charge on any atom is 0.241 e. The van der Waals surface area contributed by atoms with Crippen LogP contribution in [0.15, 0.2) is 42.5 Å². The van der Waals surface area contributed by atoms with Crippen LogP contribution >= 0.6 is 22.9 Å². The van der Waals surface area contributed by atoms with Gasteiger partial charge in [0.25, 0.3) is 0 Å². The van der Waals surface area contributed by atoms with E-state index in [0.29, 0.717) is 6.54 Å². The molecule has 0 bridgehead atoms. The van der Waals surface area contributed by atoms with Crippen molar-refractivity contribution in [3.05, 3.63) is 58.3 Å². The van der Waals surface area contributed by atoms with Crippen LogP contribution in [-0.2, 0) is 11.3 Å². The SMILES string of the molecule is C[C@H](C(=O)Nc1ccc(Cl)cc1F)N(C)Cc1nc2ccccc2s1. The number of carbonyl (C=O) groups is 1. The van der Waals surface area contributed by atoms with Gasteiger partial charge >= 0.3 is 0 Å². The standard InChI is InChI=1S/C18H17ClFN3OS/c1-11(18(24)22-14-8-7-12(19)9-13(14)20)23(2)10-17-21-15-5-3-4-6-16(15)25-17/h3-9,11H,10H2,1-2H3,(H,22,24)/t11-/m1/s1. The highest BCUT2D eigenvalue weighted by Crippen LogP contribution is 2.23. The van der Waals surface area contributed by atoms with Gasteiger partial charge in [-0.3, -0.25) is 9.69 Å². The summed E-state index contributed by atoms with van der Waals surface area (Å²) in [6.45, 7) is 2.31. The Labute approximate surface area is 154 Å². The Kier molecular flexibility index (Phi) is 5.32. The van der Waals surface area contributed by atoms with Gasteiger partial charge in [-0.2, -0.15) is 0 Å². The maximum atomic E-state index is 13.8. The van der Waals surface area contributed by atoms with Crippen molar-refractivity contribution < 1.29 is 9.18 Å². The van der Waals surface area contributed by atoms with Crippen LogP contribution in [-0.4, -0.2) is 28.9 Å². The minimum Gasteiger partial charge on any atom is -0.322 e. The zero-order valence-electron chi connectivity index (χ0n) is 13.8. The van der Waals surface area contributed by atoms with E-state index < -0.39 is 11.9 Å². The van der Waals surface area contributed by atoms with Crippen LogP contribution < -0.4 is 5.32 Å². The summed E-state index contributed by atoms with van der Waals surface area (Å²) in [6, 6.07) is 11.6. The predicted molar refractivity (Wildman–Crippen MR) is 101 cm³/mol. The fourth-order valence-electron chi connectivity index (χ4n) is 2.37. The number of rotatable bonds is 5. The number of amides is 1. The van der Waals surface area contributed by atoms with E-state index in [9.17, 15) is 9.18 Å². The maximum absolute atomic E-state index is 13.8. The lowest BCUT2D eigenvalue weighted by Gasteiger charge is -2.23. The monoisotopic (exact) mass is 377 g/mol. The van der Waals surface area contributed by atoms with E-state index >= 15 is 0 Å². The molecule has 0 aliphatic rings. The third-order valence-electron chi connectivity index (χ3n) is 3.95. The molecule has 130 valence electrons. The van der Waals surface area contributed by atoms with Crippen molar-refractivity contribution in [2.45, 2.75) is 19.5 Å². The lowest BCUT2D eigenvalue weighted by molar-refractivity contribution is -0.120. The molecule has 2 aromatic carbocycles. The van der Waals surface area contributed by atoms with Gasteiger partial charge < -0.3 is 5.32 Å². The molecular formula is C18H17ClFN3OS. The fourth-order valence-corrected chi connectivity index (χ4v) is 3.56. The number of aromatic nitrogens is 1. The summed E-state index contributed by atoms with van der Waals surface area (Å²) >= 11 is 7.33. The van der Waals surface area contributed by atoms with Gasteiger partial charge in [0.2, 0.25) is 5.91 Å². The second kappa shape index (κ2) is 7.47. The molecule has 0 aliphatic carbocycles. The molecule has 0 aliphatic heterocycles. The summed E-state index contributed by atoms with van der Waals surface area (Å²) in [7, 11) is 1.84. The molecule has 0 saturated carbocycles. The van der Waals surface area contributed by atoms with Crippen molar-refractivity contribution >= 4 is 44.7 Å². The average molecular weight is 378 g/mol. The number of likely N-dealkylation sites (N-methyl/N-ethyl adjacent to an activating group) is 1. The van der Waals surface area contributed by atoms with Crippen molar-refractivity contribution in [1.82, 2.24) is 9.88 Å². The second-order valence-corrected chi connectivity index (χ2v) is 7.33. The first kappa shape index (κ1) is 17.8. The largest absolute Gasteiger partial charge is 0.322 e. The quantitative estimate of drug-likeness (QED) is 0.709. The molecule has 1 heterocycles. The van der Waals surface area contributed by atoms with Crippen LogP contribution in [0.25, 0.3) is 10.2 Å². The third kappa shape index (κ3) is 4.15. The van der Waals surface area contributed by atoms with Gasteiger partial charge in [0.15, 0.2) is 0 Å². The van der Waals surface area contributed by atoms with E-state index in [1.54, 1.807) is 18.3 Å². The van der Waals surface area contributed by atoms with Crippen LogP contribution in [0.4, 0.5) is 10.1 Å². The number of benzene rings is 2. The molecule has 0 unspecified atom stereocenters. The van der Waals surface area contributed by atoms with Crippen LogP contribution in [0, 0.1) is 5.82 Å².